The Balaban J connectivity index is 2.94. The molecule has 0 aliphatic heterocycles. The number of hydrogen-bond donors (Lipinski definition) is 1. The van der Waals surface area contributed by atoms with Crippen molar-refractivity contribution >= 4 is 11.0 Å². The fourth-order valence-electron chi connectivity index (χ4n) is 1.15. The van der Waals surface area contributed by atoms with Gasteiger partial charge in [-0.3, -0.25) is 0 Å². The standard InChI is InChI=1S/C8H6N4/c1-5-2-3-7-8(6(5)4-9)11-12-10-7/h2-3H,1H3,(H,10,11,12). The largest absolute Gasteiger partial charge is 0.197 e. The Kier molecular flexibility index (Phi) is 1.31. The lowest BCUT2D eigenvalue weighted by atomic mass is 10.1. The molecule has 0 saturated heterocycles. The Hall–Kier alpha value is -1.89. The number of H-pyrrole nitrogens is 1. The van der Waals surface area contributed by atoms with Crippen molar-refractivity contribution in [3.05, 3.63) is 23.3 Å². The molecule has 1 heterocycles. The van der Waals surface area contributed by atoms with Gasteiger partial charge in [0.2, 0.25) is 0 Å². The quantitative estimate of drug-likeness (QED) is 0.625. The minimum atomic E-state index is 0.598. The second-order valence-corrected chi connectivity index (χ2v) is 2.56. The summed E-state index contributed by atoms with van der Waals surface area (Å²) in [5.74, 6) is 0. The molecular formula is C8H6N4. The predicted octanol–water partition coefficient (Wildman–Crippen LogP) is 1.14. The van der Waals surface area contributed by atoms with E-state index in [1.54, 1.807) is 0 Å². The zero-order valence-electron chi connectivity index (χ0n) is 6.50. The summed E-state index contributed by atoms with van der Waals surface area (Å²) in [5.41, 5.74) is 2.91. The first-order chi connectivity index (χ1) is 5.83. The zero-order chi connectivity index (χ0) is 8.55. The number of fused-ring (bicyclic) bond motifs is 1. The normalized spacial score (nSPS) is 10.0. The van der Waals surface area contributed by atoms with E-state index in [1.165, 1.54) is 0 Å². The fourth-order valence-corrected chi connectivity index (χ4v) is 1.15. The van der Waals surface area contributed by atoms with Crippen molar-refractivity contribution in [2.45, 2.75) is 6.92 Å². The molecule has 0 bridgehead atoms. The maximum absolute atomic E-state index is 8.80. The molecule has 4 heteroatoms. The Morgan fingerprint density at radius 3 is 3.00 bits per heavy atom. The summed E-state index contributed by atoms with van der Waals surface area (Å²) in [6, 6.07) is 5.81. The van der Waals surface area contributed by atoms with Crippen LogP contribution in [0.3, 0.4) is 0 Å². The number of aromatic amines is 1. The number of benzene rings is 1. The first-order valence-electron chi connectivity index (χ1n) is 3.53. The highest BCUT2D eigenvalue weighted by Crippen LogP contribution is 2.16. The van der Waals surface area contributed by atoms with Gasteiger partial charge < -0.3 is 0 Å². The van der Waals surface area contributed by atoms with E-state index in [2.05, 4.69) is 21.5 Å². The molecule has 2 rings (SSSR count). The smallest absolute Gasteiger partial charge is 0.130 e. The molecule has 1 aromatic heterocycles. The molecule has 0 aliphatic rings. The molecule has 0 radical (unpaired) electrons. The lowest BCUT2D eigenvalue weighted by Crippen LogP contribution is -1.83. The summed E-state index contributed by atoms with van der Waals surface area (Å²) < 4.78 is 0. The van der Waals surface area contributed by atoms with Gasteiger partial charge in [0.05, 0.1) is 5.56 Å². The van der Waals surface area contributed by atoms with E-state index in [0.717, 1.165) is 11.1 Å². The van der Waals surface area contributed by atoms with E-state index in [1.807, 2.05) is 19.1 Å². The number of aryl methyl sites for hydroxylation is 1. The van der Waals surface area contributed by atoms with Crippen molar-refractivity contribution in [1.82, 2.24) is 15.4 Å². The Bertz CT molecular complexity index is 463. The van der Waals surface area contributed by atoms with E-state index in [4.69, 9.17) is 5.26 Å². The van der Waals surface area contributed by atoms with Crippen LogP contribution in [0.4, 0.5) is 0 Å². The number of nitrogens with zero attached hydrogens (tertiary/aromatic N) is 3. The maximum atomic E-state index is 8.80. The lowest BCUT2D eigenvalue weighted by molar-refractivity contribution is 0.959. The highest BCUT2D eigenvalue weighted by Gasteiger charge is 2.06. The minimum Gasteiger partial charge on any atom is -0.197 e. The summed E-state index contributed by atoms with van der Waals surface area (Å²) in [7, 11) is 0. The van der Waals surface area contributed by atoms with Gasteiger partial charge in [-0.05, 0) is 18.6 Å². The van der Waals surface area contributed by atoms with Gasteiger partial charge in [-0.15, -0.1) is 0 Å². The van der Waals surface area contributed by atoms with Crippen molar-refractivity contribution in [2.75, 3.05) is 0 Å². The van der Waals surface area contributed by atoms with Crippen LogP contribution in [0.5, 0.6) is 0 Å². The Labute approximate surface area is 68.8 Å². The van der Waals surface area contributed by atoms with Crippen LogP contribution in [0.2, 0.25) is 0 Å². The Morgan fingerprint density at radius 2 is 2.25 bits per heavy atom. The van der Waals surface area contributed by atoms with E-state index < -0.39 is 0 Å². The number of rotatable bonds is 0. The average molecular weight is 158 g/mol. The fraction of sp³-hybridized carbons (Fsp3) is 0.125. The molecule has 0 amide bonds. The van der Waals surface area contributed by atoms with Crippen LogP contribution in [-0.2, 0) is 0 Å². The summed E-state index contributed by atoms with van der Waals surface area (Å²) >= 11 is 0. The van der Waals surface area contributed by atoms with Crippen molar-refractivity contribution in [3.8, 4) is 6.07 Å². The third-order valence-corrected chi connectivity index (χ3v) is 1.81. The van der Waals surface area contributed by atoms with Crippen molar-refractivity contribution in [2.24, 2.45) is 0 Å². The van der Waals surface area contributed by atoms with Gasteiger partial charge in [0.1, 0.15) is 17.1 Å². The van der Waals surface area contributed by atoms with Crippen molar-refractivity contribution in [3.63, 3.8) is 0 Å². The van der Waals surface area contributed by atoms with E-state index >= 15 is 0 Å². The van der Waals surface area contributed by atoms with Crippen molar-refractivity contribution < 1.29 is 0 Å². The van der Waals surface area contributed by atoms with Gasteiger partial charge in [-0.2, -0.15) is 20.7 Å². The monoisotopic (exact) mass is 158 g/mol. The highest BCUT2D eigenvalue weighted by molar-refractivity contribution is 5.81. The van der Waals surface area contributed by atoms with Crippen LogP contribution >= 0.6 is 0 Å². The number of nitrogens with one attached hydrogen (secondary N) is 1. The van der Waals surface area contributed by atoms with Crippen LogP contribution in [0.15, 0.2) is 12.1 Å². The molecule has 1 aromatic carbocycles. The number of hydrogen-bond acceptors (Lipinski definition) is 3. The maximum Gasteiger partial charge on any atom is 0.130 e. The van der Waals surface area contributed by atoms with E-state index in [9.17, 15) is 0 Å². The molecule has 1 N–H and O–H groups in total. The van der Waals surface area contributed by atoms with Crippen LogP contribution in [-0.4, -0.2) is 15.4 Å². The van der Waals surface area contributed by atoms with Crippen LogP contribution in [0.25, 0.3) is 11.0 Å². The summed E-state index contributed by atoms with van der Waals surface area (Å²) in [4.78, 5) is 0. The molecule has 0 saturated carbocycles. The molecule has 0 atom stereocenters. The molecular weight excluding hydrogens is 152 g/mol. The van der Waals surface area contributed by atoms with Gasteiger partial charge in [0.15, 0.2) is 0 Å². The lowest BCUT2D eigenvalue weighted by Gasteiger charge is -1.94. The highest BCUT2D eigenvalue weighted by atomic mass is 15.3. The molecule has 0 unspecified atom stereocenters. The summed E-state index contributed by atoms with van der Waals surface area (Å²) in [5, 5.41) is 19.1. The second-order valence-electron chi connectivity index (χ2n) is 2.56. The SMILES string of the molecule is Cc1ccc2n[nH]nc2c1C#N. The summed E-state index contributed by atoms with van der Waals surface area (Å²) in [6.45, 7) is 1.88. The predicted molar refractivity (Wildman–Crippen MR) is 43.3 cm³/mol. The molecule has 0 fully saturated rings. The first kappa shape index (κ1) is 6.80. The second kappa shape index (κ2) is 2.31. The Morgan fingerprint density at radius 1 is 1.42 bits per heavy atom. The van der Waals surface area contributed by atoms with E-state index in [-0.39, 0.29) is 0 Å². The molecule has 4 nitrogen and oxygen atoms in total. The third kappa shape index (κ3) is 0.768. The molecule has 12 heavy (non-hydrogen) atoms. The van der Waals surface area contributed by atoms with Gasteiger partial charge in [0, 0.05) is 0 Å². The molecule has 0 spiro atoms. The van der Waals surface area contributed by atoms with Gasteiger partial charge in [0.25, 0.3) is 0 Å². The van der Waals surface area contributed by atoms with Crippen LogP contribution in [0, 0.1) is 18.3 Å². The zero-order valence-corrected chi connectivity index (χ0v) is 6.50. The van der Waals surface area contributed by atoms with Gasteiger partial charge in [-0.1, -0.05) is 6.07 Å². The average Bonchev–Trinajstić information content (AvgIpc) is 2.52. The van der Waals surface area contributed by atoms with Crippen LogP contribution < -0.4 is 0 Å². The van der Waals surface area contributed by atoms with E-state index in [0.29, 0.717) is 11.1 Å². The number of nitriles is 1. The van der Waals surface area contributed by atoms with Crippen LogP contribution in [0.1, 0.15) is 11.1 Å². The number of aromatic nitrogens is 3. The third-order valence-electron chi connectivity index (χ3n) is 1.81. The molecule has 0 aliphatic carbocycles. The van der Waals surface area contributed by atoms with Crippen molar-refractivity contribution in [1.29, 1.82) is 5.26 Å². The van der Waals surface area contributed by atoms with Gasteiger partial charge in [-0.25, -0.2) is 0 Å². The molecule has 2 aromatic rings. The van der Waals surface area contributed by atoms with Gasteiger partial charge >= 0.3 is 0 Å². The minimum absolute atomic E-state index is 0.598. The molecule has 58 valence electrons. The summed E-state index contributed by atoms with van der Waals surface area (Å²) in [6.07, 6.45) is 0. The first-order valence-corrected chi connectivity index (χ1v) is 3.53. The topological polar surface area (TPSA) is 65.4 Å².